The van der Waals surface area contributed by atoms with Gasteiger partial charge in [-0.05, 0) is 48.2 Å². The lowest BCUT2D eigenvalue weighted by Gasteiger charge is -2.10. The SMILES string of the molecule is Nc1ccccc1CCC(=O)Nc1cccc(NC(=O)CCc2ccccc2)c1. The van der Waals surface area contributed by atoms with Gasteiger partial charge in [0.05, 0.1) is 0 Å². The third-order valence-electron chi connectivity index (χ3n) is 4.59. The average Bonchev–Trinajstić information content (AvgIpc) is 2.73. The standard InChI is InChI=1S/C24H25N3O2/c25-22-12-5-4-9-19(22)14-16-24(29)27-21-11-6-10-20(17-21)26-23(28)15-13-18-7-2-1-3-8-18/h1-12,17H,13-16,25H2,(H,26,28)(H,27,29). The van der Waals surface area contributed by atoms with Crippen molar-refractivity contribution in [1.29, 1.82) is 0 Å². The number of nitrogens with two attached hydrogens (primary N) is 1. The third-order valence-corrected chi connectivity index (χ3v) is 4.59. The number of nitrogen functional groups attached to an aromatic ring is 1. The molecule has 0 aliphatic carbocycles. The molecule has 0 fully saturated rings. The summed E-state index contributed by atoms with van der Waals surface area (Å²) in [4.78, 5) is 24.5. The summed E-state index contributed by atoms with van der Waals surface area (Å²) < 4.78 is 0. The highest BCUT2D eigenvalue weighted by Crippen LogP contribution is 2.17. The van der Waals surface area contributed by atoms with Gasteiger partial charge in [-0.15, -0.1) is 0 Å². The van der Waals surface area contributed by atoms with Gasteiger partial charge in [-0.3, -0.25) is 9.59 Å². The highest BCUT2D eigenvalue weighted by molar-refractivity contribution is 5.94. The Labute approximate surface area is 170 Å². The topological polar surface area (TPSA) is 84.2 Å². The predicted molar refractivity (Wildman–Crippen MR) is 118 cm³/mol. The second-order valence-corrected chi connectivity index (χ2v) is 6.86. The second-order valence-electron chi connectivity index (χ2n) is 6.86. The molecule has 0 saturated heterocycles. The van der Waals surface area contributed by atoms with Gasteiger partial charge in [0.2, 0.25) is 11.8 Å². The van der Waals surface area contributed by atoms with E-state index in [9.17, 15) is 9.59 Å². The van der Waals surface area contributed by atoms with E-state index < -0.39 is 0 Å². The highest BCUT2D eigenvalue weighted by atomic mass is 16.2. The van der Waals surface area contributed by atoms with Crippen LogP contribution in [0.25, 0.3) is 0 Å². The summed E-state index contributed by atoms with van der Waals surface area (Å²) in [5.41, 5.74) is 10.0. The van der Waals surface area contributed by atoms with Crippen LogP contribution in [0.4, 0.5) is 17.1 Å². The maximum absolute atomic E-state index is 12.3. The summed E-state index contributed by atoms with van der Waals surface area (Å²) in [6.07, 6.45) is 2.00. The van der Waals surface area contributed by atoms with E-state index in [2.05, 4.69) is 10.6 Å². The molecule has 5 nitrogen and oxygen atoms in total. The number of benzene rings is 3. The van der Waals surface area contributed by atoms with Crippen LogP contribution in [0.2, 0.25) is 0 Å². The molecule has 0 atom stereocenters. The van der Waals surface area contributed by atoms with Gasteiger partial charge in [-0.25, -0.2) is 0 Å². The first-order valence-electron chi connectivity index (χ1n) is 9.67. The lowest BCUT2D eigenvalue weighted by molar-refractivity contribution is -0.116. The smallest absolute Gasteiger partial charge is 0.224 e. The van der Waals surface area contributed by atoms with E-state index in [1.807, 2.05) is 54.6 Å². The number of hydrogen-bond acceptors (Lipinski definition) is 3. The summed E-state index contributed by atoms with van der Waals surface area (Å²) in [6.45, 7) is 0. The lowest BCUT2D eigenvalue weighted by atomic mass is 10.1. The number of anilines is 3. The maximum atomic E-state index is 12.3. The monoisotopic (exact) mass is 387 g/mol. The molecule has 3 rings (SSSR count). The van der Waals surface area contributed by atoms with Crippen molar-refractivity contribution in [3.05, 3.63) is 90.0 Å². The molecule has 0 bridgehead atoms. The Kier molecular flexibility index (Phi) is 7.00. The molecule has 3 aromatic rings. The molecule has 3 aromatic carbocycles. The molecule has 0 heterocycles. The van der Waals surface area contributed by atoms with E-state index in [4.69, 9.17) is 5.73 Å². The normalized spacial score (nSPS) is 10.3. The Hall–Kier alpha value is -3.60. The summed E-state index contributed by atoms with van der Waals surface area (Å²) >= 11 is 0. The van der Waals surface area contributed by atoms with Gasteiger partial charge < -0.3 is 16.4 Å². The fraction of sp³-hybridized carbons (Fsp3) is 0.167. The summed E-state index contributed by atoms with van der Waals surface area (Å²) in [6, 6.07) is 24.6. The van der Waals surface area contributed by atoms with Gasteiger partial charge in [0.25, 0.3) is 0 Å². The number of hydrogen-bond donors (Lipinski definition) is 3. The largest absolute Gasteiger partial charge is 0.399 e. The van der Waals surface area contributed by atoms with Gasteiger partial charge in [0, 0.05) is 29.9 Å². The first kappa shape index (κ1) is 20.1. The summed E-state index contributed by atoms with van der Waals surface area (Å²) in [7, 11) is 0. The van der Waals surface area contributed by atoms with Crippen molar-refractivity contribution in [2.75, 3.05) is 16.4 Å². The van der Waals surface area contributed by atoms with Crippen LogP contribution >= 0.6 is 0 Å². The molecule has 2 amide bonds. The van der Waals surface area contributed by atoms with Gasteiger partial charge in [-0.1, -0.05) is 54.6 Å². The number of amides is 2. The van der Waals surface area contributed by atoms with Crippen LogP contribution < -0.4 is 16.4 Å². The number of para-hydroxylation sites is 1. The molecule has 0 aromatic heterocycles. The maximum Gasteiger partial charge on any atom is 0.224 e. The molecular formula is C24H25N3O2. The first-order valence-corrected chi connectivity index (χ1v) is 9.67. The number of carbonyl (C=O) groups is 2. The van der Waals surface area contributed by atoms with Crippen molar-refractivity contribution in [1.82, 2.24) is 0 Å². The molecule has 0 aliphatic rings. The van der Waals surface area contributed by atoms with Crippen molar-refractivity contribution >= 4 is 28.9 Å². The Morgan fingerprint density at radius 3 is 1.93 bits per heavy atom. The molecule has 29 heavy (non-hydrogen) atoms. The fourth-order valence-electron chi connectivity index (χ4n) is 3.03. The average molecular weight is 387 g/mol. The minimum absolute atomic E-state index is 0.0584. The lowest BCUT2D eigenvalue weighted by Crippen LogP contribution is -2.14. The quantitative estimate of drug-likeness (QED) is 0.501. The van der Waals surface area contributed by atoms with Gasteiger partial charge in [0.1, 0.15) is 0 Å². The van der Waals surface area contributed by atoms with Gasteiger partial charge in [0.15, 0.2) is 0 Å². The first-order chi connectivity index (χ1) is 14.1. The number of rotatable bonds is 8. The molecule has 0 unspecified atom stereocenters. The van der Waals surface area contributed by atoms with E-state index in [0.29, 0.717) is 42.7 Å². The van der Waals surface area contributed by atoms with Crippen molar-refractivity contribution in [3.63, 3.8) is 0 Å². The van der Waals surface area contributed by atoms with Crippen LogP contribution in [0.15, 0.2) is 78.9 Å². The van der Waals surface area contributed by atoms with Crippen molar-refractivity contribution < 1.29 is 9.59 Å². The highest BCUT2D eigenvalue weighted by Gasteiger charge is 2.07. The Morgan fingerprint density at radius 2 is 1.28 bits per heavy atom. The number of aryl methyl sites for hydroxylation is 2. The van der Waals surface area contributed by atoms with E-state index in [0.717, 1.165) is 11.1 Å². The van der Waals surface area contributed by atoms with Gasteiger partial charge >= 0.3 is 0 Å². The minimum atomic E-state index is -0.0965. The Bertz CT molecular complexity index is 971. The molecule has 0 saturated carbocycles. The minimum Gasteiger partial charge on any atom is -0.399 e. The zero-order valence-electron chi connectivity index (χ0n) is 16.2. The van der Waals surface area contributed by atoms with Gasteiger partial charge in [-0.2, -0.15) is 0 Å². The third kappa shape index (κ3) is 6.50. The van der Waals surface area contributed by atoms with E-state index >= 15 is 0 Å². The molecular weight excluding hydrogens is 362 g/mol. The Morgan fingerprint density at radius 1 is 0.690 bits per heavy atom. The van der Waals surface area contributed by atoms with Crippen molar-refractivity contribution in [2.45, 2.75) is 25.7 Å². The molecule has 0 spiro atoms. The predicted octanol–water partition coefficient (Wildman–Crippen LogP) is 4.41. The summed E-state index contributed by atoms with van der Waals surface area (Å²) in [5.74, 6) is -0.155. The van der Waals surface area contributed by atoms with E-state index in [1.165, 1.54) is 0 Å². The zero-order chi connectivity index (χ0) is 20.5. The van der Waals surface area contributed by atoms with Crippen LogP contribution in [0.5, 0.6) is 0 Å². The molecule has 5 heteroatoms. The fourth-order valence-corrected chi connectivity index (χ4v) is 3.03. The van der Waals surface area contributed by atoms with Crippen LogP contribution in [-0.2, 0) is 22.4 Å². The Balaban J connectivity index is 1.49. The van der Waals surface area contributed by atoms with E-state index in [1.54, 1.807) is 24.3 Å². The number of nitrogens with one attached hydrogen (secondary N) is 2. The number of carbonyl (C=O) groups excluding carboxylic acids is 2. The second kappa shape index (κ2) is 10.1. The zero-order valence-corrected chi connectivity index (χ0v) is 16.2. The molecule has 0 aliphatic heterocycles. The molecule has 148 valence electrons. The van der Waals surface area contributed by atoms with Crippen molar-refractivity contribution in [2.24, 2.45) is 0 Å². The molecule has 4 N–H and O–H groups in total. The van der Waals surface area contributed by atoms with Crippen LogP contribution in [0, 0.1) is 0 Å². The van der Waals surface area contributed by atoms with Crippen LogP contribution in [0.3, 0.4) is 0 Å². The van der Waals surface area contributed by atoms with Crippen LogP contribution in [-0.4, -0.2) is 11.8 Å². The molecule has 0 radical (unpaired) electrons. The summed E-state index contributed by atoms with van der Waals surface area (Å²) in [5, 5.41) is 5.76. The van der Waals surface area contributed by atoms with E-state index in [-0.39, 0.29) is 11.8 Å². The van der Waals surface area contributed by atoms with Crippen LogP contribution in [0.1, 0.15) is 24.0 Å². The van der Waals surface area contributed by atoms with Crippen molar-refractivity contribution in [3.8, 4) is 0 Å².